The first-order valence-electron chi connectivity index (χ1n) is 9.19. The highest BCUT2D eigenvalue weighted by atomic mass is 35.5. The molecule has 11 heteroatoms. The van der Waals surface area contributed by atoms with Crippen LogP contribution in [0, 0.1) is 11.7 Å². The minimum absolute atomic E-state index is 0.0767. The third-order valence-corrected chi connectivity index (χ3v) is 7.10. The number of ether oxygens (including phenoxy) is 1. The molecular weight excluding hydrogens is 453 g/mol. The number of nitrogens with two attached hydrogens (primary N) is 1. The number of aromatic nitrogens is 1. The fraction of sp³-hybridized carbons (Fsp3) is 0.350. The number of halogens is 4. The minimum atomic E-state index is -3.17. The van der Waals surface area contributed by atoms with Gasteiger partial charge in [0, 0.05) is 24.6 Å². The number of nitrogens with one attached hydrogen (secondary N) is 1. The van der Waals surface area contributed by atoms with Crippen LogP contribution in [0.5, 0.6) is 0 Å². The summed E-state index contributed by atoms with van der Waals surface area (Å²) in [5.74, 6) is -5.80. The number of carbonyl (C=O) groups is 1. The second kappa shape index (κ2) is 7.39. The summed E-state index contributed by atoms with van der Waals surface area (Å²) >= 11 is 6.52. The number of hydrogen-bond acceptors (Lipinski definition) is 6. The highest BCUT2D eigenvalue weighted by Crippen LogP contribution is 2.74. The third kappa shape index (κ3) is 3.37. The molecule has 6 nitrogen and oxygen atoms in total. The van der Waals surface area contributed by atoms with Crippen molar-refractivity contribution >= 4 is 40.1 Å². The summed E-state index contributed by atoms with van der Waals surface area (Å²) in [4.78, 5) is 20.6. The van der Waals surface area contributed by atoms with Crippen molar-refractivity contribution < 1.29 is 22.7 Å². The van der Waals surface area contributed by atoms with Gasteiger partial charge in [-0.3, -0.25) is 9.79 Å². The van der Waals surface area contributed by atoms with Crippen molar-refractivity contribution in [2.45, 2.75) is 23.1 Å². The van der Waals surface area contributed by atoms with E-state index in [0.717, 1.165) is 17.8 Å². The molecule has 2 heterocycles. The fourth-order valence-electron chi connectivity index (χ4n) is 4.21. The van der Waals surface area contributed by atoms with E-state index in [2.05, 4.69) is 15.3 Å². The first-order valence-corrected chi connectivity index (χ1v) is 10.4. The monoisotopic (exact) mass is 470 g/mol. The van der Waals surface area contributed by atoms with Crippen molar-refractivity contribution in [2.75, 3.05) is 19.0 Å². The van der Waals surface area contributed by atoms with Crippen LogP contribution in [0.1, 0.15) is 23.0 Å². The van der Waals surface area contributed by atoms with Gasteiger partial charge in [-0.05, 0) is 37.3 Å². The van der Waals surface area contributed by atoms with Crippen LogP contribution in [0.4, 0.5) is 18.9 Å². The van der Waals surface area contributed by atoms with Gasteiger partial charge < -0.3 is 15.8 Å². The predicted octanol–water partition coefficient (Wildman–Crippen LogP) is 4.05. The van der Waals surface area contributed by atoms with Crippen LogP contribution < -0.4 is 11.1 Å². The average molecular weight is 471 g/mol. The number of alkyl halides is 2. The van der Waals surface area contributed by atoms with Gasteiger partial charge >= 0.3 is 0 Å². The molecule has 1 saturated carbocycles. The summed E-state index contributed by atoms with van der Waals surface area (Å²) in [6, 6.07) is 6.65. The van der Waals surface area contributed by atoms with Gasteiger partial charge in [0.1, 0.15) is 16.3 Å². The largest absolute Gasteiger partial charge is 0.383 e. The zero-order chi connectivity index (χ0) is 22.6. The van der Waals surface area contributed by atoms with Crippen LogP contribution in [-0.2, 0) is 10.3 Å². The lowest BCUT2D eigenvalue weighted by atomic mass is 9.85. The van der Waals surface area contributed by atoms with Gasteiger partial charge in [-0.25, -0.2) is 18.2 Å². The van der Waals surface area contributed by atoms with E-state index in [-0.39, 0.29) is 28.7 Å². The normalized spacial score (nSPS) is 28.5. The number of pyridine rings is 1. The molecule has 0 bridgehead atoms. The van der Waals surface area contributed by atoms with E-state index in [1.165, 1.54) is 44.5 Å². The van der Waals surface area contributed by atoms with Crippen LogP contribution in [0.25, 0.3) is 0 Å². The molecule has 3 atom stereocenters. The van der Waals surface area contributed by atoms with Gasteiger partial charge in [0.2, 0.25) is 0 Å². The maximum absolute atomic E-state index is 15.0. The number of thioether (sulfide) groups is 1. The number of carbonyl (C=O) groups excluding carboxylic acids is 1. The summed E-state index contributed by atoms with van der Waals surface area (Å²) < 4.78 is 48.2. The number of anilines is 1. The van der Waals surface area contributed by atoms with Crippen molar-refractivity contribution in [3.63, 3.8) is 0 Å². The quantitative estimate of drug-likeness (QED) is 0.688. The number of rotatable bonds is 5. The molecule has 2 aliphatic rings. The second-order valence-corrected chi connectivity index (χ2v) is 9.38. The number of hydrogen-bond donors (Lipinski definition) is 2. The molecule has 1 aromatic carbocycles. The lowest BCUT2D eigenvalue weighted by Crippen LogP contribution is -2.37. The van der Waals surface area contributed by atoms with E-state index >= 15 is 0 Å². The van der Waals surface area contributed by atoms with Gasteiger partial charge in [-0.1, -0.05) is 23.4 Å². The molecule has 0 radical (unpaired) electrons. The Hall–Kier alpha value is -2.30. The van der Waals surface area contributed by atoms with Crippen molar-refractivity contribution in [3.05, 3.63) is 58.6 Å². The van der Waals surface area contributed by atoms with Crippen LogP contribution >= 0.6 is 23.4 Å². The van der Waals surface area contributed by atoms with Crippen molar-refractivity contribution in [2.24, 2.45) is 16.6 Å². The molecule has 164 valence electrons. The highest BCUT2D eigenvalue weighted by Gasteiger charge is 2.87. The molecule has 0 spiro atoms. The van der Waals surface area contributed by atoms with Crippen molar-refractivity contribution in [1.82, 2.24) is 4.98 Å². The van der Waals surface area contributed by atoms with Gasteiger partial charge in [0.25, 0.3) is 11.8 Å². The molecule has 31 heavy (non-hydrogen) atoms. The van der Waals surface area contributed by atoms with Crippen LogP contribution in [0.3, 0.4) is 0 Å². The summed E-state index contributed by atoms with van der Waals surface area (Å²) in [6.45, 7) is 1.15. The maximum atomic E-state index is 15.0. The Morgan fingerprint density at radius 1 is 1.35 bits per heavy atom. The Labute approximate surface area is 185 Å². The number of amides is 1. The van der Waals surface area contributed by atoms with Crippen molar-refractivity contribution in [1.29, 1.82) is 0 Å². The van der Waals surface area contributed by atoms with E-state index in [1.54, 1.807) is 0 Å². The summed E-state index contributed by atoms with van der Waals surface area (Å²) in [5.41, 5.74) is 4.41. The van der Waals surface area contributed by atoms with E-state index in [0.29, 0.717) is 5.02 Å². The molecule has 1 fully saturated rings. The Bertz CT molecular complexity index is 1080. The van der Waals surface area contributed by atoms with Crippen LogP contribution in [-0.4, -0.2) is 40.4 Å². The zero-order valence-corrected chi connectivity index (χ0v) is 18.0. The Balaban J connectivity index is 1.70. The molecule has 2 aromatic rings. The first-order chi connectivity index (χ1) is 14.5. The number of aliphatic imine (C=N–C) groups is 1. The molecule has 4 rings (SSSR count). The van der Waals surface area contributed by atoms with E-state index in [1.807, 2.05) is 0 Å². The fourth-order valence-corrected chi connectivity index (χ4v) is 5.79. The third-order valence-electron chi connectivity index (χ3n) is 5.59. The Morgan fingerprint density at radius 2 is 2.10 bits per heavy atom. The van der Waals surface area contributed by atoms with Crippen LogP contribution in [0.2, 0.25) is 5.02 Å². The van der Waals surface area contributed by atoms with Crippen LogP contribution in [0.15, 0.2) is 41.5 Å². The van der Waals surface area contributed by atoms with Crippen molar-refractivity contribution in [3.8, 4) is 0 Å². The zero-order valence-electron chi connectivity index (χ0n) is 16.5. The van der Waals surface area contributed by atoms with E-state index in [9.17, 15) is 18.0 Å². The predicted molar refractivity (Wildman–Crippen MR) is 113 cm³/mol. The van der Waals surface area contributed by atoms with E-state index < -0.39 is 33.9 Å². The molecule has 1 aromatic heterocycles. The first kappa shape index (κ1) is 21.9. The SMILES string of the molecule is COC[C@@]12SC(N)=N[C@](C)(c3cc(NC(=O)c4ccc(Cl)cn4)ccc3F)C1C2(F)F. The summed E-state index contributed by atoms with van der Waals surface area (Å²) in [5, 5.41) is 2.88. The topological polar surface area (TPSA) is 89.6 Å². The lowest BCUT2D eigenvalue weighted by molar-refractivity contribution is 0.0636. The number of amidine groups is 1. The number of methoxy groups -OCH3 is 1. The molecule has 3 N–H and O–H groups in total. The Kier molecular flexibility index (Phi) is 5.22. The standard InChI is InChI=1S/C20H18ClF3N4O2S/c1-18(16-19(9-30-2,20(16,23)24)31-17(25)28-18)12-7-11(4-5-13(12)22)27-15(29)14-6-3-10(21)8-26-14/h3-8,16H,9H2,1-2H3,(H2,25,28)(H,27,29)/t16?,18-,19-/m1/s1. The number of benzene rings is 1. The number of fused-ring (bicyclic) bond motifs is 1. The lowest BCUT2D eigenvalue weighted by Gasteiger charge is -2.32. The smallest absolute Gasteiger partial charge is 0.274 e. The van der Waals surface area contributed by atoms with Gasteiger partial charge in [-0.2, -0.15) is 0 Å². The molecular formula is C20H18ClF3N4O2S. The minimum Gasteiger partial charge on any atom is -0.383 e. The summed E-state index contributed by atoms with van der Waals surface area (Å²) in [6.07, 6.45) is 1.31. The van der Waals surface area contributed by atoms with Gasteiger partial charge in [0.15, 0.2) is 5.17 Å². The number of nitrogens with zero attached hydrogens (tertiary/aromatic N) is 2. The molecule has 1 amide bonds. The molecule has 1 aliphatic heterocycles. The molecule has 1 unspecified atom stereocenters. The van der Waals surface area contributed by atoms with E-state index in [4.69, 9.17) is 22.1 Å². The highest BCUT2D eigenvalue weighted by molar-refractivity contribution is 8.15. The Morgan fingerprint density at radius 3 is 2.74 bits per heavy atom. The second-order valence-electron chi connectivity index (χ2n) is 7.59. The molecule has 0 saturated heterocycles. The van der Waals surface area contributed by atoms with Gasteiger partial charge in [-0.15, -0.1) is 0 Å². The maximum Gasteiger partial charge on any atom is 0.274 e. The molecule has 1 aliphatic carbocycles. The van der Waals surface area contributed by atoms with Gasteiger partial charge in [0.05, 0.1) is 23.1 Å². The average Bonchev–Trinajstić information content (AvgIpc) is 3.18. The summed E-state index contributed by atoms with van der Waals surface area (Å²) in [7, 11) is 1.32.